The number of hydrogen-bond donors (Lipinski definition) is 2. The van der Waals surface area contributed by atoms with Gasteiger partial charge in [0.05, 0.1) is 24.2 Å². The highest BCUT2D eigenvalue weighted by Crippen LogP contribution is 2.23. The van der Waals surface area contributed by atoms with Gasteiger partial charge >= 0.3 is 0 Å². The molecule has 0 spiro atoms. The molecule has 0 radical (unpaired) electrons. The first-order valence-electron chi connectivity index (χ1n) is 6.26. The molecule has 7 heteroatoms. The predicted octanol–water partition coefficient (Wildman–Crippen LogP) is 1.56. The van der Waals surface area contributed by atoms with Crippen LogP contribution in [0.1, 0.15) is 13.3 Å². The smallest absolute Gasteiger partial charge is 0.171 e. The molecule has 0 aromatic heterocycles. The van der Waals surface area contributed by atoms with E-state index in [4.69, 9.17) is 17.0 Å². The molecule has 2 N–H and O–H groups in total. The Bertz CT molecular complexity index is 616. The summed E-state index contributed by atoms with van der Waals surface area (Å²) in [7, 11) is -1.36. The van der Waals surface area contributed by atoms with Crippen LogP contribution < -0.4 is 15.4 Å². The van der Waals surface area contributed by atoms with E-state index in [0.29, 0.717) is 11.5 Å². The largest absolute Gasteiger partial charge is 0.497 e. The van der Waals surface area contributed by atoms with Gasteiger partial charge in [-0.25, -0.2) is 8.42 Å². The molecule has 1 fully saturated rings. The summed E-state index contributed by atoms with van der Waals surface area (Å²) in [5, 5.41) is 6.55. The van der Waals surface area contributed by atoms with Gasteiger partial charge in [-0.3, -0.25) is 0 Å². The molecule has 5 nitrogen and oxygen atoms in total. The third kappa shape index (κ3) is 3.83. The van der Waals surface area contributed by atoms with Crippen LogP contribution in [0.2, 0.25) is 0 Å². The summed E-state index contributed by atoms with van der Waals surface area (Å²) in [6, 6.07) is 7.38. The number of sulfone groups is 1. The lowest BCUT2D eigenvalue weighted by molar-refractivity contribution is 0.415. The van der Waals surface area contributed by atoms with E-state index in [1.54, 1.807) is 7.11 Å². The van der Waals surface area contributed by atoms with Crippen molar-refractivity contribution in [1.82, 2.24) is 5.32 Å². The average Bonchev–Trinajstić information content (AvgIpc) is 2.63. The van der Waals surface area contributed by atoms with E-state index in [1.807, 2.05) is 31.2 Å². The molecule has 1 saturated heterocycles. The lowest BCUT2D eigenvalue weighted by Crippen LogP contribution is -2.48. The number of thiocarbonyl (C=S) groups is 1. The van der Waals surface area contributed by atoms with Crippen molar-refractivity contribution in [3.8, 4) is 5.75 Å². The minimum atomic E-state index is -2.95. The van der Waals surface area contributed by atoms with Gasteiger partial charge < -0.3 is 15.4 Å². The predicted molar refractivity (Wildman–Crippen MR) is 84.0 cm³/mol. The standard InChI is InChI=1S/C13H18N2O3S2/c1-13(6-7-20(16,17)9-13)15-12(19)14-10-4-3-5-11(8-10)18-2/h3-5,8H,6-7,9H2,1-2H3,(H2,14,15,19). The van der Waals surface area contributed by atoms with Crippen molar-refractivity contribution in [3.63, 3.8) is 0 Å². The lowest BCUT2D eigenvalue weighted by atomic mass is 10.0. The van der Waals surface area contributed by atoms with Gasteiger partial charge in [0.15, 0.2) is 14.9 Å². The van der Waals surface area contributed by atoms with Crippen LogP contribution in [-0.2, 0) is 9.84 Å². The van der Waals surface area contributed by atoms with Gasteiger partial charge in [0.2, 0.25) is 0 Å². The molecule has 1 aromatic carbocycles. The third-order valence-electron chi connectivity index (χ3n) is 3.25. The summed E-state index contributed by atoms with van der Waals surface area (Å²) in [4.78, 5) is 0. The van der Waals surface area contributed by atoms with Crippen LogP contribution in [0.3, 0.4) is 0 Å². The van der Waals surface area contributed by atoms with E-state index in [2.05, 4.69) is 10.6 Å². The second-order valence-electron chi connectivity index (χ2n) is 5.21. The van der Waals surface area contributed by atoms with Crippen LogP contribution in [0.5, 0.6) is 5.75 Å². The highest BCUT2D eigenvalue weighted by Gasteiger charge is 2.38. The molecule has 0 bridgehead atoms. The molecule has 20 heavy (non-hydrogen) atoms. The lowest BCUT2D eigenvalue weighted by Gasteiger charge is -2.26. The van der Waals surface area contributed by atoms with Gasteiger partial charge in [-0.05, 0) is 37.7 Å². The van der Waals surface area contributed by atoms with E-state index in [-0.39, 0.29) is 11.5 Å². The van der Waals surface area contributed by atoms with Crippen molar-refractivity contribution in [1.29, 1.82) is 0 Å². The van der Waals surface area contributed by atoms with E-state index in [9.17, 15) is 8.42 Å². The second-order valence-corrected chi connectivity index (χ2v) is 7.81. The molecule has 1 aromatic rings. The third-order valence-corrected chi connectivity index (χ3v) is 5.35. The Morgan fingerprint density at radius 3 is 2.80 bits per heavy atom. The number of ether oxygens (including phenoxy) is 1. The van der Waals surface area contributed by atoms with Crippen LogP contribution in [0.4, 0.5) is 5.69 Å². The van der Waals surface area contributed by atoms with E-state index >= 15 is 0 Å². The molecule has 110 valence electrons. The van der Waals surface area contributed by atoms with Crippen molar-refractivity contribution < 1.29 is 13.2 Å². The molecule has 1 atom stereocenters. The molecule has 1 aliphatic rings. The Morgan fingerprint density at radius 1 is 1.45 bits per heavy atom. The van der Waals surface area contributed by atoms with Crippen LogP contribution in [0, 0.1) is 0 Å². The molecular weight excluding hydrogens is 296 g/mol. The summed E-state index contributed by atoms with van der Waals surface area (Å²) in [6.07, 6.45) is 0.565. The quantitative estimate of drug-likeness (QED) is 0.825. The van der Waals surface area contributed by atoms with E-state index < -0.39 is 15.4 Å². The first-order chi connectivity index (χ1) is 9.32. The first kappa shape index (κ1) is 15.1. The molecule has 1 unspecified atom stereocenters. The number of rotatable bonds is 3. The van der Waals surface area contributed by atoms with Crippen molar-refractivity contribution >= 4 is 32.9 Å². The zero-order chi connectivity index (χ0) is 14.8. The summed E-state index contributed by atoms with van der Waals surface area (Å²) >= 11 is 5.24. The number of nitrogens with one attached hydrogen (secondary N) is 2. The van der Waals surface area contributed by atoms with Crippen LogP contribution >= 0.6 is 12.2 Å². The monoisotopic (exact) mass is 314 g/mol. The Balaban J connectivity index is 1.99. The fourth-order valence-corrected chi connectivity index (χ4v) is 4.70. The normalized spacial score (nSPS) is 24.1. The highest BCUT2D eigenvalue weighted by molar-refractivity contribution is 7.91. The summed E-state index contributed by atoms with van der Waals surface area (Å²) in [6.45, 7) is 1.87. The average molecular weight is 314 g/mol. The molecule has 0 amide bonds. The summed E-state index contributed by atoms with van der Waals surface area (Å²) in [5.41, 5.74) is 0.299. The summed E-state index contributed by atoms with van der Waals surface area (Å²) < 4.78 is 28.2. The van der Waals surface area contributed by atoms with E-state index in [1.165, 1.54) is 0 Å². The zero-order valence-electron chi connectivity index (χ0n) is 11.5. The van der Waals surface area contributed by atoms with Crippen molar-refractivity contribution in [3.05, 3.63) is 24.3 Å². The van der Waals surface area contributed by atoms with Crippen LogP contribution in [-0.4, -0.2) is 37.7 Å². The summed E-state index contributed by atoms with van der Waals surface area (Å²) in [5.74, 6) is 1.05. The molecular formula is C13H18N2O3S2. The highest BCUT2D eigenvalue weighted by atomic mass is 32.2. The van der Waals surface area contributed by atoms with E-state index in [0.717, 1.165) is 11.4 Å². The molecule has 0 saturated carbocycles. The van der Waals surface area contributed by atoms with Gasteiger partial charge in [-0.1, -0.05) is 6.07 Å². The molecule has 0 aliphatic carbocycles. The topological polar surface area (TPSA) is 67.4 Å². The van der Waals surface area contributed by atoms with Crippen LogP contribution in [0.15, 0.2) is 24.3 Å². The van der Waals surface area contributed by atoms with Gasteiger partial charge in [-0.2, -0.15) is 0 Å². The number of anilines is 1. The van der Waals surface area contributed by atoms with Gasteiger partial charge in [0.1, 0.15) is 5.75 Å². The molecule has 1 heterocycles. The Hall–Kier alpha value is -1.34. The Kier molecular flexibility index (Phi) is 4.19. The molecule has 1 aliphatic heterocycles. The minimum absolute atomic E-state index is 0.111. The van der Waals surface area contributed by atoms with Crippen molar-refractivity contribution in [2.75, 3.05) is 23.9 Å². The Morgan fingerprint density at radius 2 is 2.20 bits per heavy atom. The van der Waals surface area contributed by atoms with Gasteiger partial charge in [0, 0.05) is 11.8 Å². The van der Waals surface area contributed by atoms with Crippen molar-refractivity contribution in [2.24, 2.45) is 0 Å². The van der Waals surface area contributed by atoms with Gasteiger partial charge in [0.25, 0.3) is 0 Å². The zero-order valence-corrected chi connectivity index (χ0v) is 13.1. The maximum absolute atomic E-state index is 11.5. The van der Waals surface area contributed by atoms with Crippen LogP contribution in [0.25, 0.3) is 0 Å². The minimum Gasteiger partial charge on any atom is -0.497 e. The second kappa shape index (κ2) is 5.57. The Labute approximate surface area is 124 Å². The maximum Gasteiger partial charge on any atom is 0.171 e. The van der Waals surface area contributed by atoms with Gasteiger partial charge in [-0.15, -0.1) is 0 Å². The first-order valence-corrected chi connectivity index (χ1v) is 8.49. The number of hydrogen-bond acceptors (Lipinski definition) is 4. The number of benzene rings is 1. The fourth-order valence-electron chi connectivity index (χ4n) is 2.25. The van der Waals surface area contributed by atoms with Crippen molar-refractivity contribution in [2.45, 2.75) is 18.9 Å². The maximum atomic E-state index is 11.5. The SMILES string of the molecule is COc1cccc(NC(=S)NC2(C)CCS(=O)(=O)C2)c1. The number of methoxy groups -OCH3 is 1. The molecule has 2 rings (SSSR count). The fraction of sp³-hybridized carbons (Fsp3) is 0.462.